The van der Waals surface area contributed by atoms with Gasteiger partial charge in [0.2, 0.25) is 10.0 Å². The van der Waals surface area contributed by atoms with Crippen LogP contribution in [0.4, 0.5) is 0 Å². The lowest BCUT2D eigenvalue weighted by Crippen LogP contribution is -2.38. The van der Waals surface area contributed by atoms with Crippen molar-refractivity contribution in [3.63, 3.8) is 0 Å². The number of benzene rings is 1. The Kier molecular flexibility index (Phi) is 5.25. The van der Waals surface area contributed by atoms with E-state index in [4.69, 9.17) is 10.5 Å². The highest BCUT2D eigenvalue weighted by atomic mass is 32.2. The lowest BCUT2D eigenvalue weighted by atomic mass is 10.0. The van der Waals surface area contributed by atoms with E-state index >= 15 is 0 Å². The average molecular weight is 326 g/mol. The van der Waals surface area contributed by atoms with Crippen molar-refractivity contribution in [2.75, 3.05) is 33.0 Å². The molecule has 3 N–H and O–H groups in total. The maximum absolute atomic E-state index is 11.6. The molecule has 122 valence electrons. The molecule has 2 rings (SSSR count). The van der Waals surface area contributed by atoms with E-state index in [9.17, 15) is 8.42 Å². The van der Waals surface area contributed by atoms with Gasteiger partial charge in [-0.2, -0.15) is 0 Å². The number of fused-ring (bicyclic) bond motifs is 1. The fourth-order valence-electron chi connectivity index (χ4n) is 2.18. The molecule has 7 nitrogen and oxygen atoms in total. The van der Waals surface area contributed by atoms with Crippen LogP contribution in [0.2, 0.25) is 0 Å². The van der Waals surface area contributed by atoms with Crippen LogP contribution in [0.1, 0.15) is 18.0 Å². The largest absolute Gasteiger partial charge is 0.493 e. The van der Waals surface area contributed by atoms with Crippen molar-refractivity contribution < 1.29 is 13.2 Å². The van der Waals surface area contributed by atoms with Crippen LogP contribution in [0, 0.1) is 0 Å². The first-order chi connectivity index (χ1) is 10.4. The van der Waals surface area contributed by atoms with Crippen molar-refractivity contribution in [2.45, 2.75) is 12.5 Å². The highest BCUT2D eigenvalue weighted by Crippen LogP contribution is 2.31. The van der Waals surface area contributed by atoms with Crippen LogP contribution in [-0.4, -0.2) is 51.7 Å². The zero-order chi connectivity index (χ0) is 16.2. The Morgan fingerprint density at radius 1 is 1.45 bits per heavy atom. The molecule has 22 heavy (non-hydrogen) atoms. The number of nitrogens with one attached hydrogen (secondary N) is 1. The number of hydrogen-bond donors (Lipinski definition) is 2. The fourth-order valence-corrected chi connectivity index (χ4v) is 2.87. The van der Waals surface area contributed by atoms with Crippen LogP contribution in [-0.2, 0) is 10.0 Å². The van der Waals surface area contributed by atoms with E-state index in [1.807, 2.05) is 24.3 Å². The van der Waals surface area contributed by atoms with Crippen LogP contribution in [0.3, 0.4) is 0 Å². The maximum atomic E-state index is 11.6. The summed E-state index contributed by atoms with van der Waals surface area (Å²) in [7, 11) is -0.253. The summed E-state index contributed by atoms with van der Waals surface area (Å²) in [4.78, 5) is 4.10. The minimum absolute atomic E-state index is 0.0270. The van der Waals surface area contributed by atoms with Crippen molar-refractivity contribution in [2.24, 2.45) is 10.7 Å². The van der Waals surface area contributed by atoms with Crippen LogP contribution >= 0.6 is 0 Å². The second-order valence-electron chi connectivity index (χ2n) is 5.24. The number of nitrogens with two attached hydrogens (primary N) is 1. The lowest BCUT2D eigenvalue weighted by molar-refractivity contribution is 0.262. The Hall–Kier alpha value is -1.80. The summed E-state index contributed by atoms with van der Waals surface area (Å²) < 4.78 is 30.1. The van der Waals surface area contributed by atoms with E-state index < -0.39 is 10.0 Å². The van der Waals surface area contributed by atoms with E-state index in [0.29, 0.717) is 6.61 Å². The molecule has 0 fully saturated rings. The van der Waals surface area contributed by atoms with E-state index in [1.54, 1.807) is 0 Å². The first-order valence-corrected chi connectivity index (χ1v) is 8.69. The van der Waals surface area contributed by atoms with Gasteiger partial charge in [0, 0.05) is 26.1 Å². The third kappa shape index (κ3) is 4.11. The van der Waals surface area contributed by atoms with Crippen LogP contribution in [0.5, 0.6) is 5.75 Å². The molecular formula is C14H22N4O3S. The quantitative estimate of drug-likeness (QED) is 0.599. The summed E-state index contributed by atoms with van der Waals surface area (Å²) >= 11 is 0. The smallest absolute Gasteiger partial charge is 0.215 e. The van der Waals surface area contributed by atoms with Crippen molar-refractivity contribution in [3.8, 4) is 5.75 Å². The van der Waals surface area contributed by atoms with Crippen molar-refractivity contribution >= 4 is 16.0 Å². The van der Waals surface area contributed by atoms with Gasteiger partial charge >= 0.3 is 0 Å². The number of sulfonamides is 1. The molecule has 1 heterocycles. The third-order valence-corrected chi connectivity index (χ3v) is 5.28. The average Bonchev–Trinajstić information content (AvgIpc) is 2.47. The Morgan fingerprint density at radius 3 is 2.91 bits per heavy atom. The van der Waals surface area contributed by atoms with Gasteiger partial charge in [0.25, 0.3) is 0 Å². The molecule has 1 aliphatic heterocycles. The van der Waals surface area contributed by atoms with Crippen LogP contribution in [0.25, 0.3) is 0 Å². The molecule has 0 amide bonds. The summed E-state index contributed by atoms with van der Waals surface area (Å²) in [6.45, 7) is 0.737. The molecule has 0 radical (unpaired) electrons. The second kappa shape index (κ2) is 6.97. The zero-order valence-corrected chi connectivity index (χ0v) is 13.6. The molecule has 0 saturated heterocycles. The first-order valence-electron chi connectivity index (χ1n) is 7.08. The van der Waals surface area contributed by atoms with Gasteiger partial charge in [-0.3, -0.25) is 4.99 Å². The molecule has 1 aliphatic rings. The Labute approximate surface area is 131 Å². The van der Waals surface area contributed by atoms with Crippen molar-refractivity contribution in [3.05, 3.63) is 29.8 Å². The van der Waals surface area contributed by atoms with E-state index in [0.717, 1.165) is 17.7 Å². The van der Waals surface area contributed by atoms with Gasteiger partial charge in [-0.15, -0.1) is 0 Å². The molecule has 0 aromatic heterocycles. The second-order valence-corrected chi connectivity index (χ2v) is 7.54. The van der Waals surface area contributed by atoms with Gasteiger partial charge in [0.1, 0.15) is 5.75 Å². The van der Waals surface area contributed by atoms with Crippen molar-refractivity contribution in [1.29, 1.82) is 0 Å². The van der Waals surface area contributed by atoms with Crippen LogP contribution < -0.4 is 15.8 Å². The molecule has 0 spiro atoms. The Bertz CT molecular complexity index is 643. The van der Waals surface area contributed by atoms with Gasteiger partial charge < -0.3 is 15.8 Å². The number of aliphatic imine (C=N–C) groups is 1. The van der Waals surface area contributed by atoms with Gasteiger partial charge in [0.15, 0.2) is 5.96 Å². The van der Waals surface area contributed by atoms with E-state index in [-0.39, 0.29) is 24.3 Å². The molecule has 8 heteroatoms. The monoisotopic (exact) mass is 326 g/mol. The lowest BCUT2D eigenvalue weighted by Gasteiger charge is -2.26. The summed E-state index contributed by atoms with van der Waals surface area (Å²) in [5.41, 5.74) is 6.89. The normalized spacial score (nSPS) is 18.7. The molecule has 1 unspecified atom stereocenters. The van der Waals surface area contributed by atoms with Crippen molar-refractivity contribution in [1.82, 2.24) is 9.62 Å². The highest BCUT2D eigenvalue weighted by Gasteiger charge is 2.21. The number of para-hydroxylation sites is 1. The standard InChI is InChI=1S/C14H22N4O3S/c1-18(2)22(19,20)10-8-16-14(15)17-12-7-9-21-13-6-4-3-5-11(12)13/h3-6,12H,7-10H2,1-2H3,(H3,15,16,17). The topological polar surface area (TPSA) is 97.0 Å². The van der Waals surface area contributed by atoms with Crippen LogP contribution in [0.15, 0.2) is 29.3 Å². The number of ether oxygens (including phenoxy) is 1. The van der Waals surface area contributed by atoms with E-state index in [2.05, 4.69) is 10.3 Å². The number of rotatable bonds is 5. The molecular weight excluding hydrogens is 304 g/mol. The minimum Gasteiger partial charge on any atom is -0.493 e. The summed E-state index contributed by atoms with van der Waals surface area (Å²) in [5.74, 6) is 1.03. The maximum Gasteiger partial charge on any atom is 0.215 e. The number of hydrogen-bond acceptors (Lipinski definition) is 4. The predicted octanol–water partition coefficient (Wildman–Crippen LogP) is 0.306. The SMILES string of the molecule is CN(C)S(=O)(=O)CCN=C(N)NC1CCOc2ccccc21. The van der Waals surface area contributed by atoms with Gasteiger partial charge in [0.05, 0.1) is 24.9 Å². The van der Waals surface area contributed by atoms with Gasteiger partial charge in [-0.1, -0.05) is 18.2 Å². The zero-order valence-electron chi connectivity index (χ0n) is 12.8. The number of nitrogens with zero attached hydrogens (tertiary/aromatic N) is 2. The molecule has 0 saturated carbocycles. The summed E-state index contributed by atoms with van der Waals surface area (Å²) in [6, 6.07) is 7.79. The van der Waals surface area contributed by atoms with Gasteiger partial charge in [-0.05, 0) is 6.07 Å². The molecule has 1 atom stereocenters. The van der Waals surface area contributed by atoms with E-state index in [1.165, 1.54) is 18.4 Å². The Morgan fingerprint density at radius 2 is 2.18 bits per heavy atom. The first kappa shape index (κ1) is 16.6. The molecule has 0 aliphatic carbocycles. The highest BCUT2D eigenvalue weighted by molar-refractivity contribution is 7.89. The fraction of sp³-hybridized carbons (Fsp3) is 0.500. The third-order valence-electron chi connectivity index (χ3n) is 3.47. The molecule has 1 aromatic rings. The molecule has 0 bridgehead atoms. The minimum atomic E-state index is -3.25. The predicted molar refractivity (Wildman–Crippen MR) is 86.4 cm³/mol. The Balaban J connectivity index is 1.95. The molecule has 1 aromatic carbocycles. The summed E-state index contributed by atoms with van der Waals surface area (Å²) in [6.07, 6.45) is 0.781. The van der Waals surface area contributed by atoms with Gasteiger partial charge in [-0.25, -0.2) is 12.7 Å². The number of guanidine groups is 1. The summed E-state index contributed by atoms with van der Waals surface area (Å²) in [5, 5.41) is 3.13.